The summed E-state index contributed by atoms with van der Waals surface area (Å²) in [5.41, 5.74) is 6.36. The molecule has 2 heterocycles. The van der Waals surface area contributed by atoms with Gasteiger partial charge in [-0.3, -0.25) is 0 Å². The van der Waals surface area contributed by atoms with Crippen molar-refractivity contribution in [1.29, 1.82) is 5.26 Å². The number of para-hydroxylation sites is 2. The third-order valence-electron chi connectivity index (χ3n) is 9.83. The second-order valence-corrected chi connectivity index (χ2v) is 12.8. The summed E-state index contributed by atoms with van der Waals surface area (Å²) in [6.07, 6.45) is 0. The van der Waals surface area contributed by atoms with Crippen LogP contribution >= 0.6 is 0 Å². The van der Waals surface area contributed by atoms with Crippen molar-refractivity contribution >= 4 is 54.1 Å². The summed E-state index contributed by atoms with van der Waals surface area (Å²) < 4.78 is 2.30. The maximum atomic E-state index is 9.70. The van der Waals surface area contributed by atoms with Crippen LogP contribution in [0, 0.1) is 11.3 Å². The molecule has 0 unspecified atom stereocenters. The molecule has 0 amide bonds. The average Bonchev–Trinajstić information content (AvgIpc) is 3.55. The molecule has 0 aliphatic rings. The SMILES string of the molecule is N#Cc1cccc(-c2nc(-c3cccc(-n4c5ccccc5c5ccccc54)c3)nc(-c3ccc4c5ccccc5c5ccccc5c4c3)n2)c1. The van der Waals surface area contributed by atoms with Crippen molar-refractivity contribution in [3.05, 3.63) is 169 Å². The van der Waals surface area contributed by atoms with Crippen LogP contribution in [0.4, 0.5) is 0 Å². The lowest BCUT2D eigenvalue weighted by Crippen LogP contribution is -2.01. The first-order valence-corrected chi connectivity index (χ1v) is 16.9. The van der Waals surface area contributed by atoms with Crippen LogP contribution in [-0.2, 0) is 0 Å². The van der Waals surface area contributed by atoms with E-state index in [1.54, 1.807) is 6.07 Å². The van der Waals surface area contributed by atoms with Gasteiger partial charge in [-0.1, -0.05) is 121 Å². The third kappa shape index (κ3) is 4.66. The Balaban J connectivity index is 1.20. The Morgan fingerprint density at radius 2 is 0.824 bits per heavy atom. The van der Waals surface area contributed by atoms with E-state index in [2.05, 4.69) is 144 Å². The number of benzene rings is 8. The number of rotatable bonds is 4. The molecule has 0 bridgehead atoms. The average molecular weight is 650 g/mol. The number of nitrogens with zero attached hydrogens (tertiary/aromatic N) is 5. The Labute approximate surface area is 293 Å². The molecular weight excluding hydrogens is 623 g/mol. The number of hydrogen-bond donors (Lipinski definition) is 0. The van der Waals surface area contributed by atoms with Crippen molar-refractivity contribution in [2.45, 2.75) is 0 Å². The standard InChI is InChI=1S/C46H27N5/c47-28-29-11-9-12-30(25-29)44-48-45(31-13-10-14-33(26-31)51-42-21-7-5-19-39(42)40-20-6-8-22-43(40)51)50-46(49-44)32-23-24-38-36-17-2-1-15-34(36)35-16-3-4-18-37(35)41(38)27-32/h1-27H. The van der Waals surface area contributed by atoms with E-state index in [-0.39, 0.29) is 0 Å². The Morgan fingerprint density at radius 1 is 0.373 bits per heavy atom. The first-order chi connectivity index (χ1) is 25.2. The van der Waals surface area contributed by atoms with Gasteiger partial charge < -0.3 is 4.57 Å². The molecule has 0 N–H and O–H groups in total. The molecule has 10 rings (SSSR count). The fourth-order valence-corrected chi connectivity index (χ4v) is 7.52. The van der Waals surface area contributed by atoms with Crippen LogP contribution in [0.1, 0.15) is 5.56 Å². The van der Waals surface area contributed by atoms with Gasteiger partial charge in [0.25, 0.3) is 0 Å². The van der Waals surface area contributed by atoms with E-state index in [9.17, 15) is 5.26 Å². The summed E-state index contributed by atoms with van der Waals surface area (Å²) in [7, 11) is 0. The van der Waals surface area contributed by atoms with E-state index < -0.39 is 0 Å². The van der Waals surface area contributed by atoms with Gasteiger partial charge in [-0.05, 0) is 74.8 Å². The molecule has 0 saturated heterocycles. The highest BCUT2D eigenvalue weighted by Crippen LogP contribution is 2.38. The van der Waals surface area contributed by atoms with Gasteiger partial charge in [0.05, 0.1) is 22.7 Å². The van der Waals surface area contributed by atoms with Crippen LogP contribution in [0.3, 0.4) is 0 Å². The molecule has 0 atom stereocenters. The van der Waals surface area contributed by atoms with Crippen LogP contribution < -0.4 is 0 Å². The molecule has 10 aromatic rings. The smallest absolute Gasteiger partial charge is 0.164 e. The van der Waals surface area contributed by atoms with Crippen LogP contribution in [0.25, 0.3) is 94.0 Å². The molecule has 2 aromatic heterocycles. The van der Waals surface area contributed by atoms with E-state index in [4.69, 9.17) is 15.0 Å². The highest BCUT2D eigenvalue weighted by Gasteiger charge is 2.17. The van der Waals surface area contributed by atoms with Gasteiger partial charge in [0, 0.05) is 33.2 Å². The molecule has 236 valence electrons. The van der Waals surface area contributed by atoms with Gasteiger partial charge in [0.1, 0.15) is 0 Å². The van der Waals surface area contributed by atoms with Crippen LogP contribution in [-0.4, -0.2) is 19.5 Å². The van der Waals surface area contributed by atoms with Crippen molar-refractivity contribution in [2.24, 2.45) is 0 Å². The second-order valence-electron chi connectivity index (χ2n) is 12.8. The highest BCUT2D eigenvalue weighted by atomic mass is 15.0. The molecule has 51 heavy (non-hydrogen) atoms. The van der Waals surface area contributed by atoms with Gasteiger partial charge >= 0.3 is 0 Å². The number of nitriles is 1. The molecular formula is C46H27N5. The monoisotopic (exact) mass is 649 g/mol. The summed E-state index contributed by atoms with van der Waals surface area (Å²) in [5.74, 6) is 1.64. The van der Waals surface area contributed by atoms with Gasteiger partial charge in [0.15, 0.2) is 17.5 Å². The summed E-state index contributed by atoms with van der Waals surface area (Å²) in [6, 6.07) is 58.7. The Morgan fingerprint density at radius 3 is 1.39 bits per heavy atom. The molecule has 0 aliphatic heterocycles. The van der Waals surface area contributed by atoms with Crippen molar-refractivity contribution in [3.8, 4) is 45.9 Å². The first-order valence-electron chi connectivity index (χ1n) is 16.9. The number of hydrogen-bond acceptors (Lipinski definition) is 4. The topological polar surface area (TPSA) is 67.4 Å². The lowest BCUT2D eigenvalue weighted by Gasteiger charge is -2.13. The third-order valence-corrected chi connectivity index (χ3v) is 9.83. The zero-order valence-electron chi connectivity index (χ0n) is 27.3. The summed E-state index contributed by atoms with van der Waals surface area (Å²) >= 11 is 0. The summed E-state index contributed by atoms with van der Waals surface area (Å²) in [5, 5.41) is 19.3. The molecule has 0 aliphatic carbocycles. The fraction of sp³-hybridized carbons (Fsp3) is 0. The van der Waals surface area contributed by atoms with Crippen LogP contribution in [0.15, 0.2) is 164 Å². The quantitative estimate of drug-likeness (QED) is 0.178. The highest BCUT2D eigenvalue weighted by molar-refractivity contribution is 6.25. The van der Waals surface area contributed by atoms with E-state index in [0.29, 0.717) is 23.0 Å². The normalized spacial score (nSPS) is 11.5. The Kier molecular flexibility index (Phi) is 6.48. The number of aromatic nitrogens is 4. The molecule has 0 fully saturated rings. The maximum Gasteiger partial charge on any atom is 0.164 e. The van der Waals surface area contributed by atoms with Gasteiger partial charge in [0.2, 0.25) is 0 Å². The van der Waals surface area contributed by atoms with E-state index in [1.807, 2.05) is 24.3 Å². The predicted octanol–water partition coefficient (Wildman–Crippen LogP) is 11.3. The predicted molar refractivity (Wildman–Crippen MR) is 208 cm³/mol. The number of fused-ring (bicyclic) bond motifs is 9. The minimum Gasteiger partial charge on any atom is -0.309 e. The van der Waals surface area contributed by atoms with Crippen LogP contribution in [0.2, 0.25) is 0 Å². The zero-order valence-corrected chi connectivity index (χ0v) is 27.3. The minimum absolute atomic E-state index is 0.512. The Hall–Kier alpha value is -7.16. The van der Waals surface area contributed by atoms with Crippen molar-refractivity contribution in [3.63, 3.8) is 0 Å². The maximum absolute atomic E-state index is 9.70. The largest absolute Gasteiger partial charge is 0.309 e. The molecule has 0 spiro atoms. The van der Waals surface area contributed by atoms with Crippen LogP contribution in [0.5, 0.6) is 0 Å². The Bertz CT molecular complexity index is 2970. The fourth-order valence-electron chi connectivity index (χ4n) is 7.52. The van der Waals surface area contributed by atoms with E-state index >= 15 is 0 Å². The summed E-state index contributed by atoms with van der Waals surface area (Å²) in [4.78, 5) is 15.2. The van der Waals surface area contributed by atoms with Gasteiger partial charge in [-0.2, -0.15) is 5.26 Å². The van der Waals surface area contributed by atoms with Gasteiger partial charge in [-0.15, -0.1) is 0 Å². The van der Waals surface area contributed by atoms with E-state index in [1.165, 1.54) is 37.7 Å². The summed E-state index contributed by atoms with van der Waals surface area (Å²) in [6.45, 7) is 0. The lowest BCUT2D eigenvalue weighted by molar-refractivity contribution is 1.07. The molecule has 5 heteroatoms. The molecule has 0 radical (unpaired) electrons. The van der Waals surface area contributed by atoms with E-state index in [0.717, 1.165) is 38.8 Å². The van der Waals surface area contributed by atoms with Crippen molar-refractivity contribution < 1.29 is 0 Å². The zero-order chi connectivity index (χ0) is 33.9. The van der Waals surface area contributed by atoms with Gasteiger partial charge in [-0.25, -0.2) is 15.0 Å². The van der Waals surface area contributed by atoms with Crippen molar-refractivity contribution in [2.75, 3.05) is 0 Å². The van der Waals surface area contributed by atoms with Crippen molar-refractivity contribution in [1.82, 2.24) is 19.5 Å². The molecule has 5 nitrogen and oxygen atoms in total. The molecule has 0 saturated carbocycles. The molecule has 8 aromatic carbocycles. The minimum atomic E-state index is 0.512. The lowest BCUT2D eigenvalue weighted by atomic mass is 9.93. The second kappa shape index (κ2) is 11.5. The first kappa shape index (κ1) is 28.8.